The Kier molecular flexibility index (Phi) is 5.72. The Labute approximate surface area is 111 Å². The summed E-state index contributed by atoms with van der Waals surface area (Å²) >= 11 is 0. The first-order valence-electron chi connectivity index (χ1n) is 6.22. The smallest absolute Gasteiger partial charge is 0.335 e. The van der Waals surface area contributed by atoms with Gasteiger partial charge in [-0.2, -0.15) is 0 Å². The molecule has 0 bridgehead atoms. The number of aliphatic hydroxyl groups excluding tert-OH is 2. The predicted molar refractivity (Wildman–Crippen MR) is 68.3 cm³/mol. The summed E-state index contributed by atoms with van der Waals surface area (Å²) in [5, 5.41) is 29.4. The molecule has 19 heavy (non-hydrogen) atoms. The van der Waals surface area contributed by atoms with Gasteiger partial charge >= 0.3 is 5.97 Å². The molecule has 0 fully saturated rings. The van der Waals surface area contributed by atoms with Crippen LogP contribution in [0.25, 0.3) is 0 Å². The van der Waals surface area contributed by atoms with Crippen molar-refractivity contribution in [3.05, 3.63) is 23.8 Å². The average molecular weight is 269 g/mol. The van der Waals surface area contributed by atoms with E-state index < -0.39 is 24.1 Å². The van der Waals surface area contributed by atoms with Gasteiger partial charge < -0.3 is 20.6 Å². The van der Waals surface area contributed by atoms with Gasteiger partial charge in [-0.3, -0.25) is 4.79 Å². The fraction of sp³-hybridized carbons (Fsp3) is 0.538. The number of carbonyl (C=O) groups is 2. The van der Waals surface area contributed by atoms with Gasteiger partial charge in [-0.05, 0) is 12.8 Å². The highest BCUT2D eigenvalue weighted by Gasteiger charge is 2.30. The number of carbonyl (C=O) groups excluding carboxylic acids is 1. The van der Waals surface area contributed by atoms with Crippen molar-refractivity contribution in [1.82, 2.24) is 5.32 Å². The van der Waals surface area contributed by atoms with Crippen molar-refractivity contribution in [3.8, 4) is 0 Å². The van der Waals surface area contributed by atoms with E-state index in [0.29, 0.717) is 6.42 Å². The van der Waals surface area contributed by atoms with Crippen molar-refractivity contribution in [2.75, 3.05) is 0 Å². The van der Waals surface area contributed by atoms with Crippen LogP contribution in [-0.2, 0) is 9.59 Å². The van der Waals surface area contributed by atoms with E-state index in [2.05, 4.69) is 12.2 Å². The number of hydrogen-bond donors (Lipinski definition) is 4. The number of aliphatic carboxylic acids is 1. The van der Waals surface area contributed by atoms with Crippen molar-refractivity contribution in [2.24, 2.45) is 0 Å². The van der Waals surface area contributed by atoms with Crippen molar-refractivity contribution in [1.29, 1.82) is 0 Å². The monoisotopic (exact) mass is 269 g/mol. The molecule has 0 heterocycles. The molecule has 0 aliphatic heterocycles. The number of carboxylic acid groups (broad SMARTS) is 1. The number of amides is 1. The summed E-state index contributed by atoms with van der Waals surface area (Å²) in [6.07, 6.45) is 4.21. The number of aliphatic hydroxyl groups is 2. The van der Waals surface area contributed by atoms with E-state index in [1.807, 2.05) is 12.2 Å². The maximum absolute atomic E-state index is 11.5. The minimum absolute atomic E-state index is 0.288. The van der Waals surface area contributed by atoms with Gasteiger partial charge in [0.25, 0.3) is 5.91 Å². The summed E-state index contributed by atoms with van der Waals surface area (Å²) in [4.78, 5) is 22.0. The highest BCUT2D eigenvalue weighted by molar-refractivity contribution is 5.87. The molecule has 106 valence electrons. The number of carboxylic acids is 1. The second kappa shape index (κ2) is 7.06. The third kappa shape index (κ3) is 4.50. The molecule has 1 amide bonds. The minimum atomic E-state index is -2.11. The van der Waals surface area contributed by atoms with Crippen LogP contribution in [0.3, 0.4) is 0 Å². The number of hydrogen-bond acceptors (Lipinski definition) is 4. The number of allylic oxidation sites excluding steroid dienone is 2. The summed E-state index contributed by atoms with van der Waals surface area (Å²) in [5.74, 6) is -2.52. The Hall–Kier alpha value is -1.66. The molecule has 1 aliphatic rings. The average Bonchev–Trinajstić information content (AvgIpc) is 2.39. The van der Waals surface area contributed by atoms with Gasteiger partial charge in [0.05, 0.1) is 6.04 Å². The van der Waals surface area contributed by atoms with E-state index >= 15 is 0 Å². The normalized spacial score (nSPS) is 21.4. The fourth-order valence-electron chi connectivity index (χ4n) is 1.79. The molecule has 1 rings (SSSR count). The Morgan fingerprint density at radius 3 is 2.58 bits per heavy atom. The summed E-state index contributed by atoms with van der Waals surface area (Å²) in [5.41, 5.74) is 1.19. The highest BCUT2D eigenvalue weighted by atomic mass is 16.4. The van der Waals surface area contributed by atoms with Crippen LogP contribution >= 0.6 is 0 Å². The minimum Gasteiger partial charge on any atom is -0.479 e. The van der Waals surface area contributed by atoms with Gasteiger partial charge in [-0.15, -0.1) is 0 Å². The van der Waals surface area contributed by atoms with E-state index in [0.717, 1.165) is 12.8 Å². The molecule has 3 atom stereocenters. The molecule has 0 saturated carbocycles. The lowest BCUT2D eigenvalue weighted by Gasteiger charge is -2.20. The van der Waals surface area contributed by atoms with Gasteiger partial charge in [0.15, 0.2) is 12.2 Å². The van der Waals surface area contributed by atoms with E-state index in [1.54, 1.807) is 6.08 Å². The van der Waals surface area contributed by atoms with E-state index in [1.165, 1.54) is 5.57 Å². The van der Waals surface area contributed by atoms with Crippen molar-refractivity contribution < 1.29 is 24.9 Å². The lowest BCUT2D eigenvalue weighted by atomic mass is 9.99. The Balaban J connectivity index is 2.47. The first-order valence-corrected chi connectivity index (χ1v) is 6.22. The van der Waals surface area contributed by atoms with Gasteiger partial charge in [0.2, 0.25) is 0 Å². The molecule has 6 heteroatoms. The third-order valence-electron chi connectivity index (χ3n) is 2.86. The van der Waals surface area contributed by atoms with Crippen LogP contribution in [0.1, 0.15) is 26.2 Å². The SMILES string of the molecule is CCCC1=CCC(NC(=O)[C@H](O)[C@@H](O)C(=O)O)C=C1. The molecule has 1 aliphatic carbocycles. The summed E-state index contributed by atoms with van der Waals surface area (Å²) in [6.45, 7) is 2.08. The second-order valence-corrected chi connectivity index (χ2v) is 4.47. The van der Waals surface area contributed by atoms with Crippen molar-refractivity contribution in [3.63, 3.8) is 0 Å². The Morgan fingerprint density at radius 2 is 2.11 bits per heavy atom. The molecule has 0 aromatic heterocycles. The Morgan fingerprint density at radius 1 is 1.42 bits per heavy atom. The van der Waals surface area contributed by atoms with E-state index in [9.17, 15) is 14.7 Å². The van der Waals surface area contributed by atoms with Crippen LogP contribution < -0.4 is 5.32 Å². The summed E-state index contributed by atoms with van der Waals surface area (Å²) in [7, 11) is 0. The third-order valence-corrected chi connectivity index (χ3v) is 2.86. The topological polar surface area (TPSA) is 107 Å². The van der Waals surface area contributed by atoms with Crippen LogP contribution in [0, 0.1) is 0 Å². The first kappa shape index (κ1) is 15.4. The standard InChI is InChI=1S/C13H19NO5/c1-2-3-8-4-6-9(7-5-8)14-12(17)10(15)11(16)13(18)19/h4-6,9-11,15-16H,2-3,7H2,1H3,(H,14,17)(H,18,19)/t9?,10-,11-/m1/s1. The molecule has 6 nitrogen and oxygen atoms in total. The zero-order valence-electron chi connectivity index (χ0n) is 10.7. The van der Waals surface area contributed by atoms with Gasteiger partial charge in [-0.25, -0.2) is 4.79 Å². The lowest BCUT2D eigenvalue weighted by Crippen LogP contribution is -2.48. The van der Waals surface area contributed by atoms with Crippen LogP contribution in [0.4, 0.5) is 0 Å². The molecule has 0 aromatic carbocycles. The number of rotatable bonds is 6. The molecule has 0 aromatic rings. The zero-order chi connectivity index (χ0) is 14.4. The molecule has 1 unspecified atom stereocenters. The van der Waals surface area contributed by atoms with Crippen molar-refractivity contribution >= 4 is 11.9 Å². The largest absolute Gasteiger partial charge is 0.479 e. The lowest BCUT2D eigenvalue weighted by molar-refractivity contribution is -0.158. The van der Waals surface area contributed by atoms with Crippen LogP contribution in [0.15, 0.2) is 23.8 Å². The summed E-state index contributed by atoms with van der Waals surface area (Å²) < 4.78 is 0. The highest BCUT2D eigenvalue weighted by Crippen LogP contribution is 2.15. The zero-order valence-corrected chi connectivity index (χ0v) is 10.7. The van der Waals surface area contributed by atoms with Gasteiger partial charge in [-0.1, -0.05) is 37.1 Å². The predicted octanol–water partition coefficient (Wildman–Crippen LogP) is -0.0360. The van der Waals surface area contributed by atoms with Gasteiger partial charge in [0.1, 0.15) is 0 Å². The quantitative estimate of drug-likeness (QED) is 0.541. The molecule has 0 radical (unpaired) electrons. The van der Waals surface area contributed by atoms with Gasteiger partial charge in [0, 0.05) is 0 Å². The fourth-order valence-corrected chi connectivity index (χ4v) is 1.79. The molecular weight excluding hydrogens is 250 g/mol. The molecule has 0 saturated heterocycles. The van der Waals surface area contributed by atoms with Crippen LogP contribution in [-0.4, -0.2) is 45.4 Å². The van der Waals surface area contributed by atoms with Crippen LogP contribution in [0.5, 0.6) is 0 Å². The second-order valence-electron chi connectivity index (χ2n) is 4.47. The molecular formula is C13H19NO5. The van der Waals surface area contributed by atoms with Crippen molar-refractivity contribution in [2.45, 2.75) is 44.4 Å². The summed E-state index contributed by atoms with van der Waals surface area (Å²) in [6, 6.07) is -0.288. The number of nitrogens with one attached hydrogen (secondary N) is 1. The Bertz CT molecular complexity index is 402. The molecule has 4 N–H and O–H groups in total. The van der Waals surface area contributed by atoms with E-state index in [-0.39, 0.29) is 6.04 Å². The molecule has 0 spiro atoms. The maximum Gasteiger partial charge on any atom is 0.335 e. The maximum atomic E-state index is 11.5. The van der Waals surface area contributed by atoms with E-state index in [4.69, 9.17) is 10.2 Å². The first-order chi connectivity index (χ1) is 8.95. The van der Waals surface area contributed by atoms with Crippen LogP contribution in [0.2, 0.25) is 0 Å².